The first kappa shape index (κ1) is 61.1. The van der Waals surface area contributed by atoms with Crippen LogP contribution in [0.2, 0.25) is 0 Å². The first-order valence-electron chi connectivity index (χ1n) is 26.3. The molecule has 66 heavy (non-hydrogen) atoms. The molecule has 0 amide bonds. The van der Waals surface area contributed by atoms with Gasteiger partial charge in [-0.1, -0.05) is 195 Å². The summed E-state index contributed by atoms with van der Waals surface area (Å²) in [5, 5.41) is 40.3. The molecule has 9 nitrogen and oxygen atoms in total. The van der Waals surface area contributed by atoms with Gasteiger partial charge in [-0.3, -0.25) is 4.79 Å². The van der Waals surface area contributed by atoms with E-state index in [1.807, 2.05) is 0 Å². The number of aliphatic hydroxyl groups is 4. The summed E-state index contributed by atoms with van der Waals surface area (Å²) in [6, 6.07) is 0. The molecule has 0 radical (unpaired) electrons. The van der Waals surface area contributed by atoms with Crippen LogP contribution in [0.3, 0.4) is 0 Å². The van der Waals surface area contributed by atoms with Crippen LogP contribution >= 0.6 is 0 Å². The van der Waals surface area contributed by atoms with Crippen molar-refractivity contribution < 1.29 is 44.2 Å². The predicted octanol–water partition coefficient (Wildman–Crippen LogP) is 13.1. The minimum Gasteiger partial charge on any atom is -0.457 e. The maximum Gasteiger partial charge on any atom is 0.306 e. The molecule has 1 aliphatic heterocycles. The number of allylic oxidation sites excluding steroid dienone is 16. The third kappa shape index (κ3) is 37.1. The van der Waals surface area contributed by atoms with E-state index in [4.69, 9.17) is 18.9 Å². The van der Waals surface area contributed by atoms with Gasteiger partial charge in [-0.2, -0.15) is 0 Å². The number of aliphatic hydroxyl groups excluding tert-OH is 4. The highest BCUT2D eigenvalue weighted by Gasteiger charge is 2.44. The number of carbonyl (C=O) groups is 1. The minimum atomic E-state index is -1.55. The molecule has 1 saturated heterocycles. The zero-order chi connectivity index (χ0) is 47.8. The van der Waals surface area contributed by atoms with Crippen molar-refractivity contribution in [3.05, 3.63) is 97.2 Å². The van der Waals surface area contributed by atoms with Crippen LogP contribution in [0.15, 0.2) is 97.2 Å². The fraction of sp³-hybridized carbons (Fsp3) is 0.702. The lowest BCUT2D eigenvalue weighted by Crippen LogP contribution is -2.59. The zero-order valence-corrected chi connectivity index (χ0v) is 41.7. The number of esters is 1. The summed E-state index contributed by atoms with van der Waals surface area (Å²) < 4.78 is 22.9. The Hall–Kier alpha value is -2.89. The van der Waals surface area contributed by atoms with Crippen LogP contribution < -0.4 is 0 Å². The van der Waals surface area contributed by atoms with Gasteiger partial charge >= 0.3 is 5.97 Å². The summed E-state index contributed by atoms with van der Waals surface area (Å²) in [5.41, 5.74) is 0. The Labute approximate surface area is 402 Å². The van der Waals surface area contributed by atoms with Crippen LogP contribution in [0.4, 0.5) is 0 Å². The molecule has 1 fully saturated rings. The minimum absolute atomic E-state index is 0.124. The second-order valence-corrected chi connectivity index (χ2v) is 17.6. The molecule has 4 N–H and O–H groups in total. The Morgan fingerprint density at radius 2 is 0.879 bits per heavy atom. The summed E-state index contributed by atoms with van der Waals surface area (Å²) in [7, 11) is 0. The van der Waals surface area contributed by atoms with E-state index in [0.717, 1.165) is 103 Å². The van der Waals surface area contributed by atoms with Gasteiger partial charge in [0.1, 0.15) is 30.5 Å². The second kappa shape index (κ2) is 47.2. The van der Waals surface area contributed by atoms with Crippen molar-refractivity contribution in [3.63, 3.8) is 0 Å². The highest BCUT2D eigenvalue weighted by atomic mass is 16.7. The van der Waals surface area contributed by atoms with Crippen molar-refractivity contribution in [2.75, 3.05) is 26.4 Å². The average molecular weight is 925 g/mol. The van der Waals surface area contributed by atoms with E-state index in [1.54, 1.807) is 0 Å². The quantitative estimate of drug-likeness (QED) is 0.0268. The lowest BCUT2D eigenvalue weighted by molar-refractivity contribution is -0.305. The Balaban J connectivity index is 2.21. The largest absolute Gasteiger partial charge is 0.457 e. The van der Waals surface area contributed by atoms with Crippen LogP contribution in [0.25, 0.3) is 0 Å². The first-order chi connectivity index (χ1) is 32.4. The third-order valence-corrected chi connectivity index (χ3v) is 11.5. The smallest absolute Gasteiger partial charge is 0.306 e. The molecule has 0 aromatic carbocycles. The molecule has 1 rings (SSSR count). The Bertz CT molecular complexity index is 1330. The number of hydrogen-bond acceptors (Lipinski definition) is 9. The molecule has 0 aliphatic carbocycles. The summed E-state index contributed by atoms with van der Waals surface area (Å²) in [6.45, 7) is 4.31. The van der Waals surface area contributed by atoms with E-state index in [9.17, 15) is 25.2 Å². The van der Waals surface area contributed by atoms with Gasteiger partial charge in [-0.25, -0.2) is 0 Å². The molecular formula is C57H96O9. The monoisotopic (exact) mass is 925 g/mol. The normalized spacial score (nSPS) is 20.1. The molecule has 1 heterocycles. The van der Waals surface area contributed by atoms with Crippen LogP contribution in [0.5, 0.6) is 0 Å². The van der Waals surface area contributed by atoms with Gasteiger partial charge < -0.3 is 39.4 Å². The van der Waals surface area contributed by atoms with Crippen molar-refractivity contribution in [1.29, 1.82) is 0 Å². The van der Waals surface area contributed by atoms with E-state index < -0.39 is 43.4 Å². The van der Waals surface area contributed by atoms with Gasteiger partial charge in [0, 0.05) is 13.0 Å². The number of carbonyl (C=O) groups excluding carboxylic acids is 1. The summed E-state index contributed by atoms with van der Waals surface area (Å²) in [5.74, 6) is -0.326. The zero-order valence-electron chi connectivity index (χ0n) is 41.7. The van der Waals surface area contributed by atoms with Gasteiger partial charge in [0.15, 0.2) is 6.29 Å². The maximum absolute atomic E-state index is 12.9. The van der Waals surface area contributed by atoms with Crippen LogP contribution in [0, 0.1) is 0 Å². The van der Waals surface area contributed by atoms with Gasteiger partial charge in [-0.05, 0) is 89.9 Å². The van der Waals surface area contributed by atoms with Crippen LogP contribution in [0.1, 0.15) is 194 Å². The Morgan fingerprint density at radius 1 is 0.485 bits per heavy atom. The lowest BCUT2D eigenvalue weighted by Gasteiger charge is -2.39. The van der Waals surface area contributed by atoms with Gasteiger partial charge in [0.25, 0.3) is 0 Å². The highest BCUT2D eigenvalue weighted by molar-refractivity contribution is 5.69. The predicted molar refractivity (Wildman–Crippen MR) is 274 cm³/mol. The lowest BCUT2D eigenvalue weighted by atomic mass is 9.99. The first-order valence-corrected chi connectivity index (χ1v) is 26.3. The molecular weight excluding hydrogens is 829 g/mol. The molecule has 1 aliphatic rings. The average Bonchev–Trinajstić information content (AvgIpc) is 3.32. The fourth-order valence-electron chi connectivity index (χ4n) is 7.47. The Kier molecular flexibility index (Phi) is 43.7. The summed E-state index contributed by atoms with van der Waals surface area (Å²) in [6.07, 6.45) is 58.6. The Morgan fingerprint density at radius 3 is 1.32 bits per heavy atom. The molecule has 0 aromatic rings. The molecule has 9 heteroatoms. The van der Waals surface area contributed by atoms with Crippen LogP contribution in [-0.2, 0) is 23.7 Å². The highest BCUT2D eigenvalue weighted by Crippen LogP contribution is 2.23. The van der Waals surface area contributed by atoms with E-state index in [0.29, 0.717) is 13.0 Å². The summed E-state index contributed by atoms with van der Waals surface area (Å²) >= 11 is 0. The number of ether oxygens (including phenoxy) is 4. The van der Waals surface area contributed by atoms with Crippen molar-refractivity contribution in [2.45, 2.75) is 230 Å². The fourth-order valence-corrected chi connectivity index (χ4v) is 7.47. The van der Waals surface area contributed by atoms with Crippen molar-refractivity contribution in [1.82, 2.24) is 0 Å². The van der Waals surface area contributed by atoms with Crippen LogP contribution in [-0.4, -0.2) is 89.6 Å². The number of rotatable bonds is 44. The molecule has 6 atom stereocenters. The van der Waals surface area contributed by atoms with E-state index in [1.165, 1.54) is 70.6 Å². The van der Waals surface area contributed by atoms with Gasteiger partial charge in [0.05, 0.1) is 19.8 Å². The van der Waals surface area contributed by atoms with E-state index in [2.05, 4.69) is 111 Å². The van der Waals surface area contributed by atoms with Crippen molar-refractivity contribution in [2.24, 2.45) is 0 Å². The second-order valence-electron chi connectivity index (χ2n) is 17.6. The van der Waals surface area contributed by atoms with E-state index in [-0.39, 0.29) is 19.2 Å². The molecule has 0 aromatic heterocycles. The number of hydrogen-bond donors (Lipinski definition) is 4. The van der Waals surface area contributed by atoms with Gasteiger partial charge in [-0.15, -0.1) is 0 Å². The maximum atomic E-state index is 12.9. The number of unbranched alkanes of at least 4 members (excludes halogenated alkanes) is 17. The topological polar surface area (TPSA) is 135 Å². The standard InChI is InChI=1S/C57H96O9/c1-3-5-7-9-11-13-15-17-19-21-23-24-25-26-27-28-29-30-32-34-36-38-40-42-44-46-53(59)65-51(50-64-57-56(62)55(61)54(60)52(48-58)66-57)49-63-47-45-43-41-39-37-35-33-31-22-20-18-16-14-12-10-8-6-4-2/h5-8,11-14,17-20,23-24,26-27,51-52,54-58,60-62H,3-4,9-10,15-16,21-22,25,28-50H2,1-2H3/b7-5-,8-6-,13-11-,14-12-,19-17-,20-18-,24-23-,27-26-. The van der Waals surface area contributed by atoms with E-state index >= 15 is 0 Å². The molecule has 378 valence electrons. The third-order valence-electron chi connectivity index (χ3n) is 11.5. The molecule has 0 spiro atoms. The van der Waals surface area contributed by atoms with Gasteiger partial charge in [0.2, 0.25) is 0 Å². The molecule has 0 bridgehead atoms. The molecule has 6 unspecified atom stereocenters. The summed E-state index contributed by atoms with van der Waals surface area (Å²) in [4.78, 5) is 12.9. The SMILES string of the molecule is CC/C=C\C/C=C\C/C=C\C/C=C\C/C=C\CCCCCCCCCCCC(=O)OC(COCCCCCCCCCC/C=C\C/C=C\C/C=C\CC)COC1OC(CO)C(O)C(O)C1O. The van der Waals surface area contributed by atoms with Crippen molar-refractivity contribution in [3.8, 4) is 0 Å². The molecule has 0 saturated carbocycles. The van der Waals surface area contributed by atoms with Crippen molar-refractivity contribution >= 4 is 5.97 Å².